The number of aliphatic hydroxyl groups is 2. The van der Waals surface area contributed by atoms with E-state index in [9.17, 15) is 19.8 Å². The first-order valence-corrected chi connectivity index (χ1v) is 28.7. The molecule has 3 N–H and O–H groups in total. The largest absolute Gasteiger partial charge is 0.461 e. The van der Waals surface area contributed by atoms with Gasteiger partial charge in [0, 0.05) is 12.8 Å². The molecule has 0 aromatic rings. The molecule has 1 amide bonds. The summed E-state index contributed by atoms with van der Waals surface area (Å²) in [5, 5.41) is 23.8. The highest BCUT2D eigenvalue weighted by Gasteiger charge is 2.23. The van der Waals surface area contributed by atoms with Crippen LogP contribution >= 0.6 is 0 Å². The van der Waals surface area contributed by atoms with E-state index in [1.165, 1.54) is 116 Å². The first-order valence-electron chi connectivity index (χ1n) is 28.7. The summed E-state index contributed by atoms with van der Waals surface area (Å²) in [5.41, 5.74) is 0. The molecule has 0 aliphatic carbocycles. The van der Waals surface area contributed by atoms with Crippen LogP contribution in [0.4, 0.5) is 0 Å². The van der Waals surface area contributed by atoms with Crippen molar-refractivity contribution in [3.8, 4) is 0 Å². The monoisotopic (exact) mass is 958 g/mol. The summed E-state index contributed by atoms with van der Waals surface area (Å²) >= 11 is 0. The molecule has 0 radical (unpaired) electrons. The van der Waals surface area contributed by atoms with Crippen LogP contribution in [0.15, 0.2) is 109 Å². The lowest BCUT2D eigenvalue weighted by molar-refractivity contribution is -0.150. The summed E-state index contributed by atoms with van der Waals surface area (Å²) in [4.78, 5) is 26.2. The van der Waals surface area contributed by atoms with Gasteiger partial charge in [-0.3, -0.25) is 9.59 Å². The molecule has 0 rings (SSSR count). The van der Waals surface area contributed by atoms with Crippen molar-refractivity contribution >= 4 is 11.9 Å². The molecular formula is C63H107NO5. The predicted octanol–water partition coefficient (Wildman–Crippen LogP) is 17.8. The molecule has 6 heteroatoms. The maximum Gasteiger partial charge on any atom is 0.306 e. The van der Waals surface area contributed by atoms with E-state index in [1.807, 2.05) is 36.5 Å². The first-order chi connectivity index (χ1) is 34.0. The van der Waals surface area contributed by atoms with E-state index in [0.29, 0.717) is 19.3 Å². The molecule has 69 heavy (non-hydrogen) atoms. The second-order valence-electron chi connectivity index (χ2n) is 19.1. The van der Waals surface area contributed by atoms with Crippen molar-refractivity contribution in [1.82, 2.24) is 5.32 Å². The van der Waals surface area contributed by atoms with Gasteiger partial charge in [0.2, 0.25) is 5.91 Å². The van der Waals surface area contributed by atoms with Crippen molar-refractivity contribution < 1.29 is 24.5 Å². The number of nitrogens with one attached hydrogen (secondary N) is 1. The van der Waals surface area contributed by atoms with E-state index in [2.05, 4.69) is 99.0 Å². The van der Waals surface area contributed by atoms with Gasteiger partial charge in [-0.2, -0.15) is 0 Å². The predicted molar refractivity (Wildman–Crippen MR) is 300 cm³/mol. The molecule has 0 bridgehead atoms. The minimum atomic E-state index is -0.823. The zero-order valence-corrected chi connectivity index (χ0v) is 44.9. The number of unbranched alkanes of at least 4 members (excludes halogenated alkanes) is 25. The number of ether oxygens (including phenoxy) is 1. The highest BCUT2D eigenvalue weighted by molar-refractivity contribution is 5.77. The summed E-state index contributed by atoms with van der Waals surface area (Å²) in [7, 11) is 0. The third kappa shape index (κ3) is 50.7. The normalized spacial score (nSPS) is 14.0. The summed E-state index contributed by atoms with van der Waals surface area (Å²) in [6.07, 6.45) is 75.9. The van der Waals surface area contributed by atoms with E-state index in [0.717, 1.165) is 89.9 Å². The van der Waals surface area contributed by atoms with E-state index in [4.69, 9.17) is 4.74 Å². The fourth-order valence-electron chi connectivity index (χ4n) is 8.09. The highest BCUT2D eigenvalue weighted by atomic mass is 16.5. The zero-order valence-electron chi connectivity index (χ0n) is 44.9. The molecule has 0 heterocycles. The number of amides is 1. The summed E-state index contributed by atoms with van der Waals surface area (Å²) < 4.78 is 5.88. The number of esters is 1. The molecule has 0 aromatic heterocycles. The van der Waals surface area contributed by atoms with Crippen LogP contribution in [0.5, 0.6) is 0 Å². The van der Waals surface area contributed by atoms with E-state index in [-0.39, 0.29) is 24.9 Å². The molecule has 0 saturated carbocycles. The third-order valence-corrected chi connectivity index (χ3v) is 12.4. The number of hydrogen-bond donors (Lipinski definition) is 3. The fraction of sp³-hybridized carbons (Fsp3) is 0.683. The van der Waals surface area contributed by atoms with Crippen LogP contribution in [0.2, 0.25) is 0 Å². The standard InChI is InChI=1S/C63H107NO5/c1-4-7-10-13-16-19-22-25-28-30-32-35-38-41-44-47-50-53-56-63(68)69-59(54-51-48-45-42-39-36-33-27-24-21-18-15-12-9-6-3)57-62(67)64-60(58-65)61(66)55-52-49-46-43-40-37-34-31-29-26-23-20-17-14-11-8-5-2/h10,13,16,18-19,21-22,25,27-28,30,32-33,35,39,42,48,51,59-61,65-66H,4-9,11-12,14-15,17,20,23-24,26,29,31,34,36-38,40-41,43-47,49-50,52-58H2,1-3H3,(H,64,67)/b13-10+,19-16+,21-18-,25-22+,30-28+,33-27-,35-32+,42-39-,51-48-. The minimum Gasteiger partial charge on any atom is -0.461 e. The molecule has 0 aromatic carbocycles. The van der Waals surface area contributed by atoms with Crippen molar-refractivity contribution in [3.05, 3.63) is 109 Å². The number of allylic oxidation sites excluding steroid dienone is 17. The highest BCUT2D eigenvalue weighted by Crippen LogP contribution is 2.17. The lowest BCUT2D eigenvalue weighted by atomic mass is 10.0. The van der Waals surface area contributed by atoms with Gasteiger partial charge in [0.15, 0.2) is 0 Å². The maximum absolute atomic E-state index is 13.3. The van der Waals surface area contributed by atoms with Gasteiger partial charge in [-0.05, 0) is 64.2 Å². The van der Waals surface area contributed by atoms with E-state index < -0.39 is 18.2 Å². The Balaban J connectivity index is 4.72. The van der Waals surface area contributed by atoms with Gasteiger partial charge < -0.3 is 20.3 Å². The molecule has 0 fully saturated rings. The average Bonchev–Trinajstić information content (AvgIpc) is 3.34. The fourth-order valence-corrected chi connectivity index (χ4v) is 8.09. The van der Waals surface area contributed by atoms with Gasteiger partial charge in [-0.25, -0.2) is 0 Å². The van der Waals surface area contributed by atoms with Gasteiger partial charge >= 0.3 is 5.97 Å². The first kappa shape index (κ1) is 65.5. The lowest BCUT2D eigenvalue weighted by Gasteiger charge is -2.24. The number of hydrogen-bond acceptors (Lipinski definition) is 5. The summed E-state index contributed by atoms with van der Waals surface area (Å²) in [6, 6.07) is -0.744. The van der Waals surface area contributed by atoms with Crippen LogP contribution in [0.25, 0.3) is 0 Å². The topological polar surface area (TPSA) is 95.9 Å². The van der Waals surface area contributed by atoms with Crippen molar-refractivity contribution in [1.29, 1.82) is 0 Å². The average molecular weight is 959 g/mol. The Morgan fingerprint density at radius 3 is 1.38 bits per heavy atom. The Hall–Kier alpha value is -3.48. The SMILES string of the molecule is CCC/C=C/C=C/C=C/C=C/C=C/CCCCCCCC(=O)OC(C/C=C\C/C=C\C/C=C\C/C=C\CCCCC)CC(=O)NC(CO)C(O)CCCCCCCCCCCCCCCCCCC. The molecule has 3 atom stereocenters. The van der Waals surface area contributed by atoms with Crippen LogP contribution in [-0.4, -0.2) is 46.9 Å². The number of rotatable bonds is 50. The van der Waals surface area contributed by atoms with Crippen LogP contribution < -0.4 is 5.32 Å². The van der Waals surface area contributed by atoms with Crippen LogP contribution in [0, 0.1) is 0 Å². The number of carbonyl (C=O) groups excluding carboxylic acids is 2. The van der Waals surface area contributed by atoms with Gasteiger partial charge in [0.1, 0.15) is 6.10 Å². The molecule has 394 valence electrons. The Morgan fingerprint density at radius 1 is 0.449 bits per heavy atom. The molecular weight excluding hydrogens is 851 g/mol. The second-order valence-corrected chi connectivity index (χ2v) is 19.1. The van der Waals surface area contributed by atoms with Crippen LogP contribution in [-0.2, 0) is 14.3 Å². The van der Waals surface area contributed by atoms with Gasteiger partial charge in [-0.1, -0.05) is 278 Å². The second kappa shape index (κ2) is 55.4. The van der Waals surface area contributed by atoms with Crippen molar-refractivity contribution in [2.24, 2.45) is 0 Å². The molecule has 6 nitrogen and oxygen atoms in total. The van der Waals surface area contributed by atoms with Crippen LogP contribution in [0.3, 0.4) is 0 Å². The molecule has 0 spiro atoms. The van der Waals surface area contributed by atoms with E-state index >= 15 is 0 Å². The third-order valence-electron chi connectivity index (χ3n) is 12.4. The Bertz CT molecular complexity index is 1400. The van der Waals surface area contributed by atoms with Crippen molar-refractivity contribution in [2.75, 3.05) is 6.61 Å². The Kier molecular flexibility index (Phi) is 52.7. The summed E-state index contributed by atoms with van der Waals surface area (Å²) in [5.74, 6) is -0.610. The molecule has 0 aliphatic heterocycles. The van der Waals surface area contributed by atoms with Gasteiger partial charge in [-0.15, -0.1) is 0 Å². The number of aliphatic hydroxyl groups excluding tert-OH is 2. The zero-order chi connectivity index (χ0) is 50.2. The van der Waals surface area contributed by atoms with Gasteiger partial charge in [0.05, 0.1) is 25.2 Å². The smallest absolute Gasteiger partial charge is 0.306 e. The van der Waals surface area contributed by atoms with Crippen molar-refractivity contribution in [2.45, 2.75) is 270 Å². The lowest BCUT2D eigenvalue weighted by Crippen LogP contribution is -2.46. The Labute approximate surface area is 426 Å². The minimum absolute atomic E-state index is 0.0150. The summed E-state index contributed by atoms with van der Waals surface area (Å²) in [6.45, 7) is 6.35. The van der Waals surface area contributed by atoms with Gasteiger partial charge in [0.25, 0.3) is 0 Å². The van der Waals surface area contributed by atoms with E-state index in [1.54, 1.807) is 0 Å². The quantitative estimate of drug-likeness (QED) is 0.0244. The number of carbonyl (C=O) groups is 2. The van der Waals surface area contributed by atoms with Crippen LogP contribution in [0.1, 0.15) is 252 Å². The molecule has 0 aliphatic rings. The molecule has 0 saturated heterocycles. The maximum atomic E-state index is 13.3. The van der Waals surface area contributed by atoms with Crippen molar-refractivity contribution in [3.63, 3.8) is 0 Å². The molecule has 3 unspecified atom stereocenters. The Morgan fingerprint density at radius 2 is 0.855 bits per heavy atom.